The minimum absolute atomic E-state index is 0.0420. The van der Waals surface area contributed by atoms with Crippen molar-refractivity contribution in [2.75, 3.05) is 5.32 Å². The summed E-state index contributed by atoms with van der Waals surface area (Å²) < 4.78 is 8.97. The summed E-state index contributed by atoms with van der Waals surface area (Å²) in [5, 5.41) is 3.30. The molecule has 1 aromatic carbocycles. The Hall–Kier alpha value is -2.87. The minimum atomic E-state index is -0.573. The van der Waals surface area contributed by atoms with E-state index in [0.717, 1.165) is 0 Å². The molecule has 0 saturated carbocycles. The third-order valence-electron chi connectivity index (χ3n) is 4.23. The van der Waals surface area contributed by atoms with Gasteiger partial charge in [0.1, 0.15) is 18.7 Å². The van der Waals surface area contributed by atoms with Crippen molar-refractivity contribution in [2.45, 2.75) is 47.3 Å². The Morgan fingerprint density at radius 1 is 1.28 bits per heavy atom. The van der Waals surface area contributed by atoms with Gasteiger partial charge in [-0.05, 0) is 32.0 Å². The van der Waals surface area contributed by atoms with Crippen molar-refractivity contribution in [3.05, 3.63) is 51.7 Å². The Balaban J connectivity index is 1.85. The highest BCUT2D eigenvalue weighted by atomic mass is 35.5. The third-order valence-corrected chi connectivity index (χ3v) is 4.47. The van der Waals surface area contributed by atoms with Gasteiger partial charge in [0.05, 0.1) is 11.4 Å². The second-order valence-corrected chi connectivity index (χ2v) is 8.49. The average Bonchev–Trinajstić information content (AvgIpc) is 3.05. The molecule has 0 bridgehead atoms. The molecule has 2 heterocycles. The largest absolute Gasteiger partial charge is 0.485 e. The molecule has 0 spiro atoms. The van der Waals surface area contributed by atoms with E-state index < -0.39 is 5.41 Å². The Labute approximate surface area is 173 Å². The molecule has 1 N–H and O–H groups in total. The molecule has 0 fully saturated rings. The van der Waals surface area contributed by atoms with Crippen molar-refractivity contribution in [1.29, 1.82) is 0 Å². The highest BCUT2D eigenvalue weighted by Gasteiger charge is 2.22. The molecule has 0 aliphatic carbocycles. The average molecular weight is 418 g/mol. The van der Waals surface area contributed by atoms with Gasteiger partial charge >= 0.3 is 0 Å². The molecule has 2 aromatic heterocycles. The lowest BCUT2D eigenvalue weighted by Gasteiger charge is -2.19. The minimum Gasteiger partial charge on any atom is -0.485 e. The zero-order chi connectivity index (χ0) is 21.3. The molecule has 29 heavy (non-hydrogen) atoms. The molecule has 1 amide bonds. The number of nitrogens with one attached hydrogen (secondary N) is 1. The number of anilines is 1. The van der Waals surface area contributed by atoms with Gasteiger partial charge in [-0.15, -0.1) is 0 Å². The van der Waals surface area contributed by atoms with E-state index in [1.807, 2.05) is 34.6 Å². The smallest absolute Gasteiger partial charge is 0.274 e. The standard InChI is InChI=1S/C20H24ClN5O3/c1-12(2)25-11-22-19-23-14(9-17(27)26(19)25)10-29-16-7-6-13(21)8-15(16)24-18(28)20(3,4)5/h6-9,11-12H,10H2,1-5H3,(H,24,28). The molecule has 0 saturated heterocycles. The summed E-state index contributed by atoms with van der Waals surface area (Å²) in [5.74, 6) is 0.575. The molecule has 0 unspecified atom stereocenters. The van der Waals surface area contributed by atoms with Crippen LogP contribution in [-0.2, 0) is 11.4 Å². The zero-order valence-electron chi connectivity index (χ0n) is 17.1. The van der Waals surface area contributed by atoms with Crippen LogP contribution in [0.5, 0.6) is 5.75 Å². The first-order chi connectivity index (χ1) is 13.6. The number of carbonyl (C=O) groups is 1. The molecule has 3 rings (SSSR count). The summed E-state index contributed by atoms with van der Waals surface area (Å²) in [4.78, 5) is 33.4. The van der Waals surface area contributed by atoms with Gasteiger partial charge in [-0.2, -0.15) is 9.50 Å². The van der Waals surface area contributed by atoms with Crippen LogP contribution in [0.15, 0.2) is 35.4 Å². The van der Waals surface area contributed by atoms with E-state index in [-0.39, 0.29) is 24.1 Å². The first kappa shape index (κ1) is 20.9. The maximum Gasteiger partial charge on any atom is 0.274 e. The number of nitrogens with zero attached hydrogens (tertiary/aromatic N) is 4. The maximum atomic E-state index is 12.5. The topological polar surface area (TPSA) is 90.5 Å². The highest BCUT2D eigenvalue weighted by Crippen LogP contribution is 2.30. The van der Waals surface area contributed by atoms with E-state index in [1.54, 1.807) is 29.2 Å². The molecule has 9 heteroatoms. The number of rotatable bonds is 5. The number of ether oxygens (including phenoxy) is 1. The summed E-state index contributed by atoms with van der Waals surface area (Å²) in [5.41, 5.74) is 0.0827. The van der Waals surface area contributed by atoms with Gasteiger partial charge in [-0.1, -0.05) is 32.4 Å². The third kappa shape index (κ3) is 4.59. The zero-order valence-corrected chi connectivity index (χ0v) is 17.8. The number of carbonyl (C=O) groups excluding carboxylic acids is 1. The Morgan fingerprint density at radius 3 is 2.66 bits per heavy atom. The van der Waals surface area contributed by atoms with E-state index >= 15 is 0 Å². The molecule has 0 radical (unpaired) electrons. The van der Waals surface area contributed by atoms with Crippen molar-refractivity contribution in [2.24, 2.45) is 5.41 Å². The van der Waals surface area contributed by atoms with Crippen LogP contribution in [0.4, 0.5) is 5.69 Å². The van der Waals surface area contributed by atoms with Gasteiger partial charge in [0.2, 0.25) is 5.91 Å². The maximum absolute atomic E-state index is 12.5. The molecule has 0 aliphatic rings. The lowest BCUT2D eigenvalue weighted by molar-refractivity contribution is -0.123. The molecule has 0 aliphatic heterocycles. The second kappa shape index (κ2) is 7.87. The highest BCUT2D eigenvalue weighted by molar-refractivity contribution is 6.31. The van der Waals surface area contributed by atoms with Crippen LogP contribution in [-0.4, -0.2) is 25.1 Å². The normalized spacial score (nSPS) is 11.8. The number of benzene rings is 1. The number of halogens is 1. The molecule has 3 aromatic rings. The van der Waals surface area contributed by atoms with Crippen molar-refractivity contribution in [1.82, 2.24) is 19.2 Å². The first-order valence-corrected chi connectivity index (χ1v) is 9.63. The van der Waals surface area contributed by atoms with Crippen molar-refractivity contribution >= 4 is 29.0 Å². The van der Waals surface area contributed by atoms with E-state index in [4.69, 9.17) is 16.3 Å². The molecular formula is C20H24ClN5O3. The van der Waals surface area contributed by atoms with Crippen LogP contribution in [0.25, 0.3) is 5.78 Å². The monoisotopic (exact) mass is 417 g/mol. The molecule has 154 valence electrons. The van der Waals surface area contributed by atoms with Gasteiger partial charge in [-0.3, -0.25) is 14.3 Å². The van der Waals surface area contributed by atoms with Crippen LogP contribution in [0.2, 0.25) is 5.02 Å². The van der Waals surface area contributed by atoms with Crippen molar-refractivity contribution in [3.8, 4) is 5.75 Å². The van der Waals surface area contributed by atoms with Crippen LogP contribution in [0, 0.1) is 5.41 Å². The number of hydrogen-bond acceptors (Lipinski definition) is 5. The van der Waals surface area contributed by atoms with Gasteiger partial charge < -0.3 is 10.1 Å². The van der Waals surface area contributed by atoms with E-state index in [0.29, 0.717) is 27.9 Å². The summed E-state index contributed by atoms with van der Waals surface area (Å²) in [6.45, 7) is 9.40. The predicted octanol–water partition coefficient (Wildman–Crippen LogP) is 3.69. The fraction of sp³-hybridized carbons (Fsp3) is 0.400. The fourth-order valence-electron chi connectivity index (χ4n) is 2.60. The summed E-state index contributed by atoms with van der Waals surface area (Å²) >= 11 is 6.07. The van der Waals surface area contributed by atoms with E-state index in [2.05, 4.69) is 15.3 Å². The van der Waals surface area contributed by atoms with Gasteiger partial charge in [0.25, 0.3) is 11.3 Å². The van der Waals surface area contributed by atoms with Crippen molar-refractivity contribution in [3.63, 3.8) is 0 Å². The SMILES string of the molecule is CC(C)n1cnc2nc(COc3ccc(Cl)cc3NC(=O)C(C)(C)C)cc(=O)n21. The Morgan fingerprint density at radius 2 is 2.00 bits per heavy atom. The lowest BCUT2D eigenvalue weighted by Crippen LogP contribution is -2.27. The molecule has 0 atom stereocenters. The van der Waals surface area contributed by atoms with E-state index in [1.165, 1.54) is 10.6 Å². The molecular weight excluding hydrogens is 394 g/mol. The van der Waals surface area contributed by atoms with Crippen LogP contribution >= 0.6 is 11.6 Å². The summed E-state index contributed by atoms with van der Waals surface area (Å²) in [6.07, 6.45) is 1.58. The predicted molar refractivity (Wildman–Crippen MR) is 112 cm³/mol. The van der Waals surface area contributed by atoms with Gasteiger partial charge in [-0.25, -0.2) is 4.98 Å². The number of hydrogen-bond donors (Lipinski definition) is 1. The lowest BCUT2D eigenvalue weighted by atomic mass is 9.95. The van der Waals surface area contributed by atoms with Gasteiger partial charge in [0, 0.05) is 22.5 Å². The summed E-state index contributed by atoms with van der Waals surface area (Å²) in [7, 11) is 0. The first-order valence-electron chi connectivity index (χ1n) is 9.26. The van der Waals surface area contributed by atoms with Gasteiger partial charge in [0.15, 0.2) is 0 Å². The number of amides is 1. The molecule has 8 nitrogen and oxygen atoms in total. The Kier molecular flexibility index (Phi) is 5.66. The second-order valence-electron chi connectivity index (χ2n) is 8.05. The number of aromatic nitrogens is 4. The number of fused-ring (bicyclic) bond motifs is 1. The fourth-order valence-corrected chi connectivity index (χ4v) is 2.77. The van der Waals surface area contributed by atoms with Crippen LogP contribution in [0.1, 0.15) is 46.4 Å². The van der Waals surface area contributed by atoms with Crippen LogP contribution < -0.4 is 15.6 Å². The van der Waals surface area contributed by atoms with Crippen molar-refractivity contribution < 1.29 is 9.53 Å². The van der Waals surface area contributed by atoms with E-state index in [9.17, 15) is 9.59 Å². The Bertz CT molecular complexity index is 1110. The summed E-state index contributed by atoms with van der Waals surface area (Å²) in [6, 6.07) is 6.44. The van der Waals surface area contributed by atoms with Crippen LogP contribution in [0.3, 0.4) is 0 Å². The quantitative estimate of drug-likeness (QED) is 0.683.